The lowest BCUT2D eigenvalue weighted by atomic mass is 9.79. The van der Waals surface area contributed by atoms with Gasteiger partial charge in [-0.05, 0) is 36.8 Å². The number of benzene rings is 1. The predicted molar refractivity (Wildman–Crippen MR) is 144 cm³/mol. The van der Waals surface area contributed by atoms with Crippen LogP contribution in [0.1, 0.15) is 75.8 Å². The van der Waals surface area contributed by atoms with Gasteiger partial charge in [0.1, 0.15) is 11.6 Å². The summed E-state index contributed by atoms with van der Waals surface area (Å²) in [6.07, 6.45) is 6.77. The van der Waals surface area contributed by atoms with Crippen molar-refractivity contribution in [2.75, 3.05) is 6.66 Å². The third kappa shape index (κ3) is 8.40. The smallest absolute Gasteiger partial charge is 0.245 e. The van der Waals surface area contributed by atoms with Gasteiger partial charge in [-0.1, -0.05) is 56.4 Å². The third-order valence-corrected chi connectivity index (χ3v) is 8.54. The van der Waals surface area contributed by atoms with Crippen molar-refractivity contribution in [2.24, 2.45) is 11.7 Å². The zero-order valence-corrected chi connectivity index (χ0v) is 23.2. The number of hydrogen-bond acceptors (Lipinski definition) is 5. The van der Waals surface area contributed by atoms with Crippen molar-refractivity contribution in [2.45, 2.75) is 94.9 Å². The Bertz CT molecular complexity index is 1060. The van der Waals surface area contributed by atoms with Crippen LogP contribution >= 0.6 is 7.37 Å². The maximum absolute atomic E-state index is 13.6. The maximum atomic E-state index is 13.6. The molecular weight excluding hydrogens is 507 g/mol. The van der Waals surface area contributed by atoms with E-state index in [2.05, 4.69) is 16.0 Å². The Morgan fingerprint density at radius 3 is 2.21 bits per heavy atom. The van der Waals surface area contributed by atoms with Crippen molar-refractivity contribution in [1.29, 1.82) is 0 Å². The summed E-state index contributed by atoms with van der Waals surface area (Å²) in [6.45, 7) is 2.64. The first-order valence-electron chi connectivity index (χ1n) is 13.4. The van der Waals surface area contributed by atoms with Crippen LogP contribution < -0.4 is 21.7 Å². The molecule has 6 N–H and O–H groups in total. The number of rotatable bonds is 10. The Morgan fingerprint density at radius 2 is 1.63 bits per heavy atom. The summed E-state index contributed by atoms with van der Waals surface area (Å²) in [6, 6.07) is 5.74. The lowest BCUT2D eigenvalue weighted by Crippen LogP contribution is -2.65. The molecule has 0 radical (unpaired) electrons. The quantitative estimate of drug-likeness (QED) is 0.281. The minimum Gasteiger partial charge on any atom is -0.369 e. The molecule has 0 bridgehead atoms. The molecule has 210 valence electrons. The molecule has 0 aliphatic heterocycles. The van der Waals surface area contributed by atoms with Crippen LogP contribution in [-0.4, -0.2) is 52.8 Å². The second kappa shape index (κ2) is 12.9. The van der Waals surface area contributed by atoms with Crippen LogP contribution in [0.2, 0.25) is 0 Å². The molecule has 0 aromatic heterocycles. The molecule has 10 nitrogen and oxygen atoms in total. The van der Waals surface area contributed by atoms with E-state index in [9.17, 15) is 28.6 Å². The van der Waals surface area contributed by atoms with Crippen molar-refractivity contribution < 1.29 is 28.6 Å². The second-order valence-electron chi connectivity index (χ2n) is 11.0. The predicted octanol–water partition coefficient (Wildman–Crippen LogP) is 2.11. The van der Waals surface area contributed by atoms with Gasteiger partial charge in [0, 0.05) is 32.2 Å². The van der Waals surface area contributed by atoms with Gasteiger partial charge in [0.2, 0.25) is 31.0 Å². The molecule has 38 heavy (non-hydrogen) atoms. The van der Waals surface area contributed by atoms with E-state index in [1.54, 1.807) is 24.3 Å². The average Bonchev–Trinajstić information content (AvgIpc) is 2.84. The van der Waals surface area contributed by atoms with Gasteiger partial charge in [-0.25, -0.2) is 0 Å². The highest BCUT2D eigenvalue weighted by molar-refractivity contribution is 7.56. The summed E-state index contributed by atoms with van der Waals surface area (Å²) in [5, 5.41) is 8.72. The fourth-order valence-electron chi connectivity index (χ4n) is 5.65. The molecule has 11 heteroatoms. The Balaban J connectivity index is 1.76. The molecular formula is C27H41N4O6P. The molecule has 2 aliphatic carbocycles. The summed E-state index contributed by atoms with van der Waals surface area (Å²) in [7, 11) is -3.21. The van der Waals surface area contributed by atoms with Crippen molar-refractivity contribution in [3.05, 3.63) is 35.4 Å². The molecule has 4 atom stereocenters. The van der Waals surface area contributed by atoms with E-state index in [-0.39, 0.29) is 30.4 Å². The monoisotopic (exact) mass is 548 g/mol. The van der Waals surface area contributed by atoms with Gasteiger partial charge in [0.25, 0.3) is 0 Å². The largest absolute Gasteiger partial charge is 0.369 e. The Labute approximate surface area is 224 Å². The molecule has 2 aliphatic rings. The van der Waals surface area contributed by atoms with E-state index in [4.69, 9.17) is 5.73 Å². The number of carbonyl (C=O) groups is 4. The zero-order valence-electron chi connectivity index (χ0n) is 22.3. The lowest BCUT2D eigenvalue weighted by molar-refractivity contribution is -0.138. The average molecular weight is 549 g/mol. The first-order valence-corrected chi connectivity index (χ1v) is 15.7. The number of amides is 4. The van der Waals surface area contributed by atoms with E-state index in [1.807, 2.05) is 0 Å². The number of primary amides is 1. The van der Waals surface area contributed by atoms with Crippen LogP contribution in [0.3, 0.4) is 0 Å². The van der Waals surface area contributed by atoms with Gasteiger partial charge in [-0.3, -0.25) is 23.7 Å². The lowest BCUT2D eigenvalue weighted by Gasteiger charge is -2.40. The van der Waals surface area contributed by atoms with Crippen LogP contribution in [0, 0.1) is 5.92 Å². The van der Waals surface area contributed by atoms with E-state index in [1.165, 1.54) is 13.6 Å². The van der Waals surface area contributed by atoms with Gasteiger partial charge in [-0.2, -0.15) is 0 Å². The molecule has 2 fully saturated rings. The molecule has 4 amide bonds. The minimum atomic E-state index is -3.21. The number of hydrogen-bond donors (Lipinski definition) is 5. The molecule has 1 unspecified atom stereocenters. The Morgan fingerprint density at radius 1 is 1.03 bits per heavy atom. The number of nitrogens with two attached hydrogens (primary N) is 1. The van der Waals surface area contributed by atoms with Gasteiger partial charge in [0.05, 0.1) is 5.92 Å². The van der Waals surface area contributed by atoms with Gasteiger partial charge in [0.15, 0.2) is 0 Å². The first kappa shape index (κ1) is 29.8. The van der Waals surface area contributed by atoms with Gasteiger partial charge < -0.3 is 26.6 Å². The van der Waals surface area contributed by atoms with Crippen molar-refractivity contribution >= 4 is 31.0 Å². The van der Waals surface area contributed by atoms with Crippen LogP contribution in [-0.2, 0) is 36.3 Å². The van der Waals surface area contributed by atoms with Crippen LogP contribution in [0.15, 0.2) is 24.3 Å². The third-order valence-electron chi connectivity index (χ3n) is 7.58. The summed E-state index contributed by atoms with van der Waals surface area (Å²) in [5.41, 5.74) is 5.94. The van der Waals surface area contributed by atoms with Gasteiger partial charge >= 0.3 is 0 Å². The second-order valence-corrected chi connectivity index (χ2v) is 13.4. The van der Waals surface area contributed by atoms with Crippen LogP contribution in [0.4, 0.5) is 0 Å². The first-order chi connectivity index (χ1) is 17.9. The normalized spacial score (nSPS) is 23.3. The van der Waals surface area contributed by atoms with E-state index in [0.717, 1.165) is 37.7 Å². The standard InChI is InChI=1S/C27H41N4O6P/c1-18(32)29-23(16-19-10-12-20(13-11-19)17-38(2,36)37)25(34)31-27(14-6-3-7-15-27)26(35)30-22-9-5-4-8-21(22)24(28)33/h10-13,21-23H,3-9,14-17H2,1-2H3,(H2,28,33)(H,29,32)(H,30,35)(H,31,34)(H,36,37)/t21-,22+,23-/m0/s1. The Kier molecular flexibility index (Phi) is 10.1. The SMILES string of the molecule is CC(=O)N[C@@H](Cc1ccc(CP(C)(=O)O)cc1)C(=O)NC1(C(=O)N[C@@H]2CCCC[C@@H]2C(N)=O)CCCCC1. The molecule has 2 saturated carbocycles. The molecule has 3 rings (SSSR count). The number of nitrogens with one attached hydrogen (secondary N) is 3. The topological polar surface area (TPSA) is 168 Å². The highest BCUT2D eigenvalue weighted by Gasteiger charge is 2.44. The van der Waals surface area contributed by atoms with Crippen molar-refractivity contribution in [3.8, 4) is 0 Å². The highest BCUT2D eigenvalue weighted by atomic mass is 31.2. The molecule has 0 spiro atoms. The van der Waals surface area contributed by atoms with Crippen molar-refractivity contribution in [1.82, 2.24) is 16.0 Å². The fourth-order valence-corrected chi connectivity index (χ4v) is 6.54. The van der Waals surface area contributed by atoms with Gasteiger partial charge in [-0.15, -0.1) is 0 Å². The molecule has 1 aromatic carbocycles. The summed E-state index contributed by atoms with van der Waals surface area (Å²) >= 11 is 0. The summed E-state index contributed by atoms with van der Waals surface area (Å²) in [4.78, 5) is 60.7. The maximum Gasteiger partial charge on any atom is 0.245 e. The number of carbonyl (C=O) groups excluding carboxylic acids is 4. The zero-order chi connectivity index (χ0) is 27.9. The van der Waals surface area contributed by atoms with Crippen molar-refractivity contribution in [3.63, 3.8) is 0 Å². The molecule has 0 saturated heterocycles. The summed E-state index contributed by atoms with van der Waals surface area (Å²) < 4.78 is 11.7. The van der Waals surface area contributed by atoms with Crippen LogP contribution in [0.25, 0.3) is 0 Å². The van der Waals surface area contributed by atoms with Crippen LogP contribution in [0.5, 0.6) is 0 Å². The van der Waals surface area contributed by atoms with E-state index >= 15 is 0 Å². The molecule has 1 aromatic rings. The molecule has 0 heterocycles. The highest BCUT2D eigenvalue weighted by Crippen LogP contribution is 2.39. The fraction of sp³-hybridized carbons (Fsp3) is 0.630. The Hall–Kier alpha value is -2.71. The summed E-state index contributed by atoms with van der Waals surface area (Å²) in [5.74, 6) is -1.98. The van der Waals surface area contributed by atoms with E-state index < -0.39 is 36.7 Å². The van der Waals surface area contributed by atoms with E-state index in [0.29, 0.717) is 31.2 Å². The minimum absolute atomic E-state index is 0.0537.